The normalized spacial score (nSPS) is 11.5. The molecule has 2 N–H and O–H groups in total. The van der Waals surface area contributed by atoms with Crippen molar-refractivity contribution in [1.29, 1.82) is 0 Å². The Morgan fingerprint density at radius 2 is 1.90 bits per heavy atom. The fourth-order valence-electron chi connectivity index (χ4n) is 1.87. The average molecular weight is 293 g/mol. The summed E-state index contributed by atoms with van der Waals surface area (Å²) in [6.45, 7) is 5.67. The molecule has 0 aliphatic carbocycles. The molecule has 0 amide bonds. The lowest BCUT2D eigenvalue weighted by atomic mass is 10.1. The van der Waals surface area contributed by atoms with E-state index in [1.54, 1.807) is 14.2 Å². The zero-order valence-corrected chi connectivity index (χ0v) is 13.3. The molecule has 0 saturated heterocycles. The molecule has 0 heterocycles. The van der Waals surface area contributed by atoms with Gasteiger partial charge in [-0.2, -0.15) is 0 Å². The summed E-state index contributed by atoms with van der Waals surface area (Å²) in [5, 5.41) is 6.50. The SMILES string of the molecule is CCCOCc1ccccc1CNC(=NC)NCCOC. The molecule has 0 aliphatic heterocycles. The van der Waals surface area contributed by atoms with Crippen LogP contribution in [0.15, 0.2) is 29.3 Å². The summed E-state index contributed by atoms with van der Waals surface area (Å²) in [7, 11) is 3.45. The third-order valence-electron chi connectivity index (χ3n) is 2.99. The van der Waals surface area contributed by atoms with E-state index in [9.17, 15) is 0 Å². The molecule has 0 unspecified atom stereocenters. The van der Waals surface area contributed by atoms with Crippen molar-refractivity contribution in [3.63, 3.8) is 0 Å². The van der Waals surface area contributed by atoms with Crippen LogP contribution < -0.4 is 10.6 Å². The van der Waals surface area contributed by atoms with Crippen LogP contribution >= 0.6 is 0 Å². The Morgan fingerprint density at radius 1 is 1.14 bits per heavy atom. The van der Waals surface area contributed by atoms with Gasteiger partial charge in [0.1, 0.15) is 0 Å². The molecular weight excluding hydrogens is 266 g/mol. The first kappa shape index (κ1) is 17.5. The summed E-state index contributed by atoms with van der Waals surface area (Å²) < 4.78 is 10.6. The van der Waals surface area contributed by atoms with Crippen LogP contribution in [0, 0.1) is 0 Å². The fourth-order valence-corrected chi connectivity index (χ4v) is 1.87. The highest BCUT2D eigenvalue weighted by atomic mass is 16.5. The van der Waals surface area contributed by atoms with E-state index in [4.69, 9.17) is 9.47 Å². The number of nitrogens with zero attached hydrogens (tertiary/aromatic N) is 1. The van der Waals surface area contributed by atoms with Gasteiger partial charge < -0.3 is 20.1 Å². The first-order valence-electron chi connectivity index (χ1n) is 7.39. The van der Waals surface area contributed by atoms with Crippen molar-refractivity contribution in [3.8, 4) is 0 Å². The fraction of sp³-hybridized carbons (Fsp3) is 0.562. The summed E-state index contributed by atoms with van der Waals surface area (Å²) in [5.74, 6) is 0.774. The number of hydrogen-bond acceptors (Lipinski definition) is 3. The van der Waals surface area contributed by atoms with Gasteiger partial charge in [0, 0.05) is 33.9 Å². The van der Waals surface area contributed by atoms with Crippen LogP contribution in [0.3, 0.4) is 0 Å². The van der Waals surface area contributed by atoms with E-state index in [-0.39, 0.29) is 0 Å². The Bertz CT molecular complexity index is 422. The molecule has 0 aliphatic rings. The lowest BCUT2D eigenvalue weighted by molar-refractivity contribution is 0.121. The summed E-state index contributed by atoms with van der Waals surface area (Å²) in [4.78, 5) is 4.19. The number of benzene rings is 1. The van der Waals surface area contributed by atoms with E-state index in [1.807, 2.05) is 12.1 Å². The van der Waals surface area contributed by atoms with Gasteiger partial charge in [-0.15, -0.1) is 0 Å². The minimum Gasteiger partial charge on any atom is -0.383 e. The molecule has 0 atom stereocenters. The first-order chi connectivity index (χ1) is 10.3. The molecule has 0 spiro atoms. The van der Waals surface area contributed by atoms with Crippen LogP contribution in [0.5, 0.6) is 0 Å². The second-order valence-electron chi connectivity index (χ2n) is 4.67. The van der Waals surface area contributed by atoms with E-state index < -0.39 is 0 Å². The van der Waals surface area contributed by atoms with Crippen molar-refractivity contribution in [2.75, 3.05) is 33.9 Å². The van der Waals surface area contributed by atoms with E-state index in [2.05, 4.69) is 34.7 Å². The zero-order valence-electron chi connectivity index (χ0n) is 13.3. The van der Waals surface area contributed by atoms with Crippen LogP contribution in [0.1, 0.15) is 24.5 Å². The zero-order chi connectivity index (χ0) is 15.3. The minimum absolute atomic E-state index is 0.654. The number of hydrogen-bond donors (Lipinski definition) is 2. The van der Waals surface area contributed by atoms with Crippen molar-refractivity contribution < 1.29 is 9.47 Å². The predicted molar refractivity (Wildman–Crippen MR) is 86.5 cm³/mol. The van der Waals surface area contributed by atoms with Gasteiger partial charge in [-0.05, 0) is 17.5 Å². The molecule has 0 fully saturated rings. The van der Waals surface area contributed by atoms with Gasteiger partial charge >= 0.3 is 0 Å². The van der Waals surface area contributed by atoms with Crippen LogP contribution in [0.2, 0.25) is 0 Å². The van der Waals surface area contributed by atoms with E-state index in [0.717, 1.165) is 32.1 Å². The first-order valence-corrected chi connectivity index (χ1v) is 7.39. The molecule has 0 saturated carbocycles. The molecule has 0 radical (unpaired) electrons. The van der Waals surface area contributed by atoms with Crippen LogP contribution in [-0.4, -0.2) is 39.9 Å². The van der Waals surface area contributed by atoms with Crippen LogP contribution in [-0.2, 0) is 22.6 Å². The topological polar surface area (TPSA) is 54.9 Å². The van der Waals surface area contributed by atoms with E-state index >= 15 is 0 Å². The molecule has 1 aromatic carbocycles. The molecule has 0 bridgehead atoms. The summed E-state index contributed by atoms with van der Waals surface area (Å²) >= 11 is 0. The standard InChI is InChI=1S/C16H27N3O2/c1-4-10-21-13-15-8-6-5-7-14(15)12-19-16(17-2)18-9-11-20-3/h5-8H,4,9-13H2,1-3H3,(H2,17,18,19). The Labute approximate surface area is 127 Å². The molecule has 5 heteroatoms. The molecule has 1 rings (SSSR count). The number of aliphatic imine (C=N–C) groups is 1. The molecule has 21 heavy (non-hydrogen) atoms. The maximum atomic E-state index is 5.63. The maximum Gasteiger partial charge on any atom is 0.191 e. The van der Waals surface area contributed by atoms with Gasteiger partial charge in [0.25, 0.3) is 0 Å². The van der Waals surface area contributed by atoms with Gasteiger partial charge in [0.15, 0.2) is 5.96 Å². The van der Waals surface area contributed by atoms with E-state index in [0.29, 0.717) is 13.2 Å². The van der Waals surface area contributed by atoms with Crippen molar-refractivity contribution in [2.24, 2.45) is 4.99 Å². The monoisotopic (exact) mass is 293 g/mol. The Morgan fingerprint density at radius 3 is 2.57 bits per heavy atom. The molecule has 1 aromatic rings. The van der Waals surface area contributed by atoms with Gasteiger partial charge in [-0.25, -0.2) is 0 Å². The number of rotatable bonds is 9. The van der Waals surface area contributed by atoms with Gasteiger partial charge in [-0.1, -0.05) is 31.2 Å². The number of nitrogens with one attached hydrogen (secondary N) is 2. The van der Waals surface area contributed by atoms with Crippen LogP contribution in [0.25, 0.3) is 0 Å². The Hall–Kier alpha value is -1.59. The summed E-state index contributed by atoms with van der Waals surface area (Å²) in [6.07, 6.45) is 1.04. The smallest absolute Gasteiger partial charge is 0.191 e. The summed E-state index contributed by atoms with van der Waals surface area (Å²) in [5.41, 5.74) is 2.44. The average Bonchev–Trinajstić information content (AvgIpc) is 2.52. The number of ether oxygens (including phenoxy) is 2. The molecule has 5 nitrogen and oxygen atoms in total. The predicted octanol–water partition coefficient (Wildman–Crippen LogP) is 1.92. The van der Waals surface area contributed by atoms with E-state index in [1.165, 1.54) is 11.1 Å². The molecule has 0 aromatic heterocycles. The second-order valence-corrected chi connectivity index (χ2v) is 4.67. The van der Waals surface area contributed by atoms with Gasteiger partial charge in [-0.3, -0.25) is 4.99 Å². The quantitative estimate of drug-likeness (QED) is 0.415. The molecule has 118 valence electrons. The maximum absolute atomic E-state index is 5.63. The lowest BCUT2D eigenvalue weighted by Gasteiger charge is -2.14. The highest BCUT2D eigenvalue weighted by molar-refractivity contribution is 5.79. The Balaban J connectivity index is 2.49. The molecular formula is C16H27N3O2. The number of methoxy groups -OCH3 is 1. The lowest BCUT2D eigenvalue weighted by Crippen LogP contribution is -2.38. The highest BCUT2D eigenvalue weighted by Gasteiger charge is 2.03. The van der Waals surface area contributed by atoms with Gasteiger partial charge in [0.2, 0.25) is 0 Å². The largest absolute Gasteiger partial charge is 0.383 e. The third kappa shape index (κ3) is 7.11. The third-order valence-corrected chi connectivity index (χ3v) is 2.99. The van der Waals surface area contributed by atoms with Crippen molar-refractivity contribution >= 4 is 5.96 Å². The van der Waals surface area contributed by atoms with Crippen molar-refractivity contribution in [1.82, 2.24) is 10.6 Å². The highest BCUT2D eigenvalue weighted by Crippen LogP contribution is 2.10. The minimum atomic E-state index is 0.654. The second kappa shape index (κ2) is 11.1. The van der Waals surface area contributed by atoms with Crippen molar-refractivity contribution in [2.45, 2.75) is 26.5 Å². The Kier molecular flexibility index (Phi) is 9.24. The number of guanidine groups is 1. The van der Waals surface area contributed by atoms with Gasteiger partial charge in [0.05, 0.1) is 13.2 Å². The van der Waals surface area contributed by atoms with Crippen LogP contribution in [0.4, 0.5) is 0 Å². The van der Waals surface area contributed by atoms with Crippen molar-refractivity contribution in [3.05, 3.63) is 35.4 Å². The summed E-state index contributed by atoms with van der Waals surface area (Å²) in [6, 6.07) is 8.30.